The Balaban J connectivity index is 2.12. The Morgan fingerprint density at radius 1 is 1.09 bits per heavy atom. The average molecular weight is 308 g/mol. The lowest BCUT2D eigenvalue weighted by molar-refractivity contribution is 0.0691. The molecule has 0 amide bonds. The molecule has 0 fully saturated rings. The van der Waals surface area contributed by atoms with E-state index in [1.165, 1.54) is 4.68 Å². The number of carbonyl (C=O) groups excluding carboxylic acids is 1. The fourth-order valence-corrected chi connectivity index (χ4v) is 2.78. The number of hydrogen-bond donors (Lipinski definition) is 1. The highest BCUT2D eigenvalue weighted by Crippen LogP contribution is 2.25. The first-order valence-electron chi connectivity index (χ1n) is 7.43. The van der Waals surface area contributed by atoms with Crippen LogP contribution in [-0.4, -0.2) is 26.8 Å². The lowest BCUT2D eigenvalue weighted by Gasteiger charge is -2.14. The van der Waals surface area contributed by atoms with Crippen LogP contribution in [0.2, 0.25) is 0 Å². The molecule has 116 valence electrons. The van der Waals surface area contributed by atoms with E-state index in [2.05, 4.69) is 5.10 Å². The van der Waals surface area contributed by atoms with Gasteiger partial charge in [-0.05, 0) is 18.1 Å². The van der Waals surface area contributed by atoms with Crippen molar-refractivity contribution in [1.82, 2.24) is 9.78 Å². The van der Waals surface area contributed by atoms with E-state index in [1.807, 2.05) is 37.3 Å². The maximum Gasteiger partial charge on any atom is 0.357 e. The molecule has 1 heterocycles. The summed E-state index contributed by atoms with van der Waals surface area (Å²) in [5.41, 5.74) is 1.32. The minimum atomic E-state index is -1.14. The number of rotatable bonds is 4. The molecule has 2 aromatic carbocycles. The molecule has 0 saturated heterocycles. The molecular formula is C18H16N2O3. The SMILES string of the molecule is CCC(C(=O)n1nc(C(=O)O)c2ccccc21)c1ccccc1. The van der Waals surface area contributed by atoms with Crippen molar-refractivity contribution in [3.8, 4) is 0 Å². The van der Waals surface area contributed by atoms with Gasteiger partial charge in [-0.15, -0.1) is 0 Å². The Morgan fingerprint density at radius 3 is 2.39 bits per heavy atom. The van der Waals surface area contributed by atoms with Crippen LogP contribution in [-0.2, 0) is 0 Å². The van der Waals surface area contributed by atoms with Crippen LogP contribution in [0, 0.1) is 0 Å². The molecule has 0 saturated carbocycles. The minimum absolute atomic E-state index is 0.100. The summed E-state index contributed by atoms with van der Waals surface area (Å²) in [7, 11) is 0. The third kappa shape index (κ3) is 2.61. The standard InChI is InChI=1S/C18H16N2O3/c1-2-13(12-8-4-3-5-9-12)17(21)20-15-11-7-6-10-14(15)16(19-20)18(22)23/h3-11,13H,2H2,1H3,(H,22,23). The van der Waals surface area contributed by atoms with Crippen molar-refractivity contribution < 1.29 is 14.7 Å². The summed E-state index contributed by atoms with van der Waals surface area (Å²) in [4.78, 5) is 24.3. The van der Waals surface area contributed by atoms with Crippen molar-refractivity contribution in [1.29, 1.82) is 0 Å². The number of carbonyl (C=O) groups is 2. The molecule has 0 aliphatic rings. The first-order valence-corrected chi connectivity index (χ1v) is 7.43. The second-order valence-electron chi connectivity index (χ2n) is 5.29. The van der Waals surface area contributed by atoms with E-state index >= 15 is 0 Å². The second-order valence-corrected chi connectivity index (χ2v) is 5.29. The molecule has 0 aliphatic heterocycles. The first kappa shape index (κ1) is 15.0. The van der Waals surface area contributed by atoms with Gasteiger partial charge in [-0.2, -0.15) is 9.78 Å². The lowest BCUT2D eigenvalue weighted by atomic mass is 9.96. The molecule has 23 heavy (non-hydrogen) atoms. The molecule has 1 atom stereocenters. The van der Waals surface area contributed by atoms with E-state index in [9.17, 15) is 14.7 Å². The predicted octanol–water partition coefficient (Wildman–Crippen LogP) is 3.57. The highest BCUT2D eigenvalue weighted by Gasteiger charge is 2.25. The zero-order valence-corrected chi connectivity index (χ0v) is 12.6. The third-order valence-electron chi connectivity index (χ3n) is 3.91. The molecule has 0 spiro atoms. The molecule has 1 unspecified atom stereocenters. The highest BCUT2D eigenvalue weighted by molar-refractivity contribution is 6.04. The molecule has 5 nitrogen and oxygen atoms in total. The summed E-state index contributed by atoms with van der Waals surface area (Å²) in [5.74, 6) is -1.72. The number of aromatic nitrogens is 2. The smallest absolute Gasteiger partial charge is 0.357 e. The van der Waals surface area contributed by atoms with Gasteiger partial charge in [0.15, 0.2) is 5.69 Å². The van der Waals surface area contributed by atoms with Crippen LogP contribution in [0.3, 0.4) is 0 Å². The van der Waals surface area contributed by atoms with Gasteiger partial charge in [0.1, 0.15) is 0 Å². The molecule has 0 radical (unpaired) electrons. The van der Waals surface area contributed by atoms with Gasteiger partial charge >= 0.3 is 5.97 Å². The third-order valence-corrected chi connectivity index (χ3v) is 3.91. The summed E-state index contributed by atoms with van der Waals surface area (Å²) in [6, 6.07) is 16.3. The fraction of sp³-hybridized carbons (Fsp3) is 0.167. The number of aromatic carboxylic acids is 1. The highest BCUT2D eigenvalue weighted by atomic mass is 16.4. The van der Waals surface area contributed by atoms with Crippen LogP contribution in [0.1, 0.15) is 40.1 Å². The number of para-hydroxylation sites is 1. The predicted molar refractivity (Wildman–Crippen MR) is 86.8 cm³/mol. The van der Waals surface area contributed by atoms with Gasteiger partial charge < -0.3 is 5.11 Å². The normalized spacial score (nSPS) is 12.2. The van der Waals surface area contributed by atoms with E-state index in [4.69, 9.17) is 0 Å². The maximum absolute atomic E-state index is 12.9. The van der Waals surface area contributed by atoms with Gasteiger partial charge in [0.2, 0.25) is 0 Å². The van der Waals surface area contributed by atoms with Crippen LogP contribution in [0.25, 0.3) is 10.9 Å². The van der Waals surface area contributed by atoms with Crippen LogP contribution < -0.4 is 0 Å². The summed E-state index contributed by atoms with van der Waals surface area (Å²) in [6.07, 6.45) is 0.611. The van der Waals surface area contributed by atoms with Crippen molar-refractivity contribution >= 4 is 22.8 Å². The van der Waals surface area contributed by atoms with Crippen LogP contribution in [0.5, 0.6) is 0 Å². The van der Waals surface area contributed by atoms with Gasteiger partial charge in [0, 0.05) is 5.39 Å². The minimum Gasteiger partial charge on any atom is -0.476 e. The molecule has 0 bridgehead atoms. The van der Waals surface area contributed by atoms with E-state index < -0.39 is 5.97 Å². The summed E-state index contributed by atoms with van der Waals surface area (Å²) >= 11 is 0. The van der Waals surface area contributed by atoms with E-state index in [-0.39, 0.29) is 17.5 Å². The van der Waals surface area contributed by atoms with E-state index in [0.29, 0.717) is 17.3 Å². The van der Waals surface area contributed by atoms with Crippen LogP contribution in [0.4, 0.5) is 0 Å². The molecule has 1 aromatic heterocycles. The van der Waals surface area contributed by atoms with E-state index in [1.54, 1.807) is 24.3 Å². The molecule has 0 aliphatic carbocycles. The number of carboxylic acids is 1. The topological polar surface area (TPSA) is 72.2 Å². The maximum atomic E-state index is 12.9. The zero-order chi connectivity index (χ0) is 16.4. The Morgan fingerprint density at radius 2 is 1.74 bits per heavy atom. The fourth-order valence-electron chi connectivity index (χ4n) is 2.78. The Hall–Kier alpha value is -2.95. The second kappa shape index (κ2) is 6.04. The molecule has 1 N–H and O–H groups in total. The van der Waals surface area contributed by atoms with Gasteiger partial charge in [-0.25, -0.2) is 4.79 Å². The number of fused-ring (bicyclic) bond motifs is 1. The molecule has 5 heteroatoms. The summed E-state index contributed by atoms with van der Waals surface area (Å²) in [5, 5.41) is 13.8. The monoisotopic (exact) mass is 308 g/mol. The Kier molecular flexibility index (Phi) is 3.93. The van der Waals surface area contributed by atoms with Gasteiger partial charge in [-0.3, -0.25) is 4.79 Å². The Labute approximate surface area is 133 Å². The number of nitrogens with zero attached hydrogens (tertiary/aromatic N) is 2. The van der Waals surface area contributed by atoms with Crippen LogP contribution >= 0.6 is 0 Å². The number of benzene rings is 2. The lowest BCUT2D eigenvalue weighted by Crippen LogP contribution is -2.21. The summed E-state index contributed by atoms with van der Waals surface area (Å²) in [6.45, 7) is 1.93. The van der Waals surface area contributed by atoms with Gasteiger partial charge in [0.05, 0.1) is 11.4 Å². The van der Waals surface area contributed by atoms with Gasteiger partial charge in [-0.1, -0.05) is 55.5 Å². The number of hydrogen-bond acceptors (Lipinski definition) is 3. The molecule has 3 rings (SSSR count). The van der Waals surface area contributed by atoms with E-state index in [0.717, 1.165) is 5.56 Å². The molecule has 3 aromatic rings. The number of carboxylic acid groups (broad SMARTS) is 1. The largest absolute Gasteiger partial charge is 0.476 e. The average Bonchev–Trinajstić information content (AvgIpc) is 2.96. The van der Waals surface area contributed by atoms with Crippen molar-refractivity contribution in [3.05, 3.63) is 65.9 Å². The van der Waals surface area contributed by atoms with Crippen LogP contribution in [0.15, 0.2) is 54.6 Å². The molecular weight excluding hydrogens is 292 g/mol. The van der Waals surface area contributed by atoms with Crippen molar-refractivity contribution in [2.75, 3.05) is 0 Å². The van der Waals surface area contributed by atoms with Gasteiger partial charge in [0.25, 0.3) is 5.91 Å². The quantitative estimate of drug-likeness (QED) is 0.799. The first-order chi connectivity index (χ1) is 11.1. The Bertz CT molecular complexity index is 868. The van der Waals surface area contributed by atoms with Crippen molar-refractivity contribution in [3.63, 3.8) is 0 Å². The zero-order valence-electron chi connectivity index (χ0n) is 12.6. The van der Waals surface area contributed by atoms with Crippen molar-refractivity contribution in [2.24, 2.45) is 0 Å². The van der Waals surface area contributed by atoms with Crippen molar-refractivity contribution in [2.45, 2.75) is 19.3 Å². The summed E-state index contributed by atoms with van der Waals surface area (Å²) < 4.78 is 1.22.